The van der Waals surface area contributed by atoms with Crippen LogP contribution in [0.3, 0.4) is 0 Å². The Balaban J connectivity index is 1.86. The van der Waals surface area contributed by atoms with Gasteiger partial charge in [0.25, 0.3) is 5.91 Å². The number of benzene rings is 1. The topological polar surface area (TPSA) is 48.0 Å². The lowest BCUT2D eigenvalue weighted by atomic mass is 10.00. The van der Waals surface area contributed by atoms with Gasteiger partial charge in [0.1, 0.15) is 17.0 Å². The van der Waals surface area contributed by atoms with Gasteiger partial charge in [-0.2, -0.15) is 0 Å². The highest BCUT2D eigenvalue weighted by Crippen LogP contribution is 2.30. The third-order valence-electron chi connectivity index (χ3n) is 4.17. The molecule has 0 radical (unpaired) electrons. The van der Waals surface area contributed by atoms with E-state index in [1.165, 1.54) is 11.0 Å². The number of carbonyl (C=O) groups excluding carboxylic acids is 1. The molecular weight excluding hydrogens is 308 g/mol. The highest BCUT2D eigenvalue weighted by molar-refractivity contribution is 5.95. The van der Waals surface area contributed by atoms with E-state index in [1.54, 1.807) is 6.92 Å². The molecule has 2 saturated heterocycles. The van der Waals surface area contributed by atoms with E-state index >= 15 is 0 Å². The SMILES string of the molecule is CCOc1ccc(F)c(C(=O)N2CCOC3(CCOC3)C2)c1F. The molecule has 0 saturated carbocycles. The van der Waals surface area contributed by atoms with Crippen molar-refractivity contribution in [1.29, 1.82) is 0 Å². The van der Waals surface area contributed by atoms with Gasteiger partial charge in [0.05, 0.1) is 26.4 Å². The third kappa shape index (κ3) is 3.03. The molecule has 2 aliphatic heterocycles. The number of nitrogens with zero attached hydrogens (tertiary/aromatic N) is 1. The second kappa shape index (κ2) is 6.41. The lowest BCUT2D eigenvalue weighted by Crippen LogP contribution is -2.54. The quantitative estimate of drug-likeness (QED) is 0.852. The number of hydrogen-bond acceptors (Lipinski definition) is 4. The Morgan fingerprint density at radius 1 is 1.39 bits per heavy atom. The summed E-state index contributed by atoms with van der Waals surface area (Å²) >= 11 is 0. The fourth-order valence-electron chi connectivity index (χ4n) is 3.00. The number of carbonyl (C=O) groups is 1. The minimum Gasteiger partial charge on any atom is -0.491 e. The van der Waals surface area contributed by atoms with Crippen LogP contribution in [-0.4, -0.2) is 55.9 Å². The van der Waals surface area contributed by atoms with Gasteiger partial charge in [0.15, 0.2) is 11.6 Å². The van der Waals surface area contributed by atoms with E-state index < -0.39 is 28.7 Å². The van der Waals surface area contributed by atoms with Crippen molar-refractivity contribution in [1.82, 2.24) is 4.90 Å². The van der Waals surface area contributed by atoms with E-state index in [9.17, 15) is 13.6 Å². The summed E-state index contributed by atoms with van der Waals surface area (Å²) in [5, 5.41) is 0. The molecule has 0 aliphatic carbocycles. The lowest BCUT2D eigenvalue weighted by molar-refractivity contribution is -0.0996. The number of amides is 1. The smallest absolute Gasteiger partial charge is 0.260 e. The number of morpholine rings is 1. The maximum absolute atomic E-state index is 14.4. The van der Waals surface area contributed by atoms with E-state index in [-0.39, 0.29) is 18.9 Å². The molecule has 0 bridgehead atoms. The van der Waals surface area contributed by atoms with Crippen molar-refractivity contribution in [2.24, 2.45) is 0 Å². The molecule has 1 aromatic rings. The van der Waals surface area contributed by atoms with E-state index in [0.717, 1.165) is 6.07 Å². The average Bonchev–Trinajstić information content (AvgIpc) is 2.98. The maximum atomic E-state index is 14.4. The Morgan fingerprint density at radius 2 is 2.22 bits per heavy atom. The van der Waals surface area contributed by atoms with Gasteiger partial charge in [-0.1, -0.05) is 0 Å². The molecule has 3 rings (SSSR count). The third-order valence-corrected chi connectivity index (χ3v) is 4.17. The van der Waals surface area contributed by atoms with Crippen LogP contribution in [0.5, 0.6) is 5.75 Å². The van der Waals surface area contributed by atoms with Crippen molar-refractivity contribution in [3.63, 3.8) is 0 Å². The van der Waals surface area contributed by atoms with Crippen LogP contribution in [0.15, 0.2) is 12.1 Å². The summed E-state index contributed by atoms with van der Waals surface area (Å²) in [5.41, 5.74) is -1.13. The predicted molar refractivity (Wildman–Crippen MR) is 77.5 cm³/mol. The summed E-state index contributed by atoms with van der Waals surface area (Å²) in [5.74, 6) is -2.65. The van der Waals surface area contributed by atoms with Crippen molar-refractivity contribution in [3.8, 4) is 5.75 Å². The summed E-state index contributed by atoms with van der Waals surface area (Å²) in [6.45, 7) is 3.75. The molecule has 1 amide bonds. The first-order valence-electron chi connectivity index (χ1n) is 7.68. The molecule has 2 heterocycles. The molecule has 1 spiro atoms. The van der Waals surface area contributed by atoms with Crippen LogP contribution >= 0.6 is 0 Å². The summed E-state index contributed by atoms with van der Waals surface area (Å²) in [6, 6.07) is 2.24. The molecule has 2 fully saturated rings. The standard InChI is InChI=1S/C16H19F2NO4/c1-2-22-12-4-3-11(17)13(14(12)18)15(20)19-6-8-23-16(9-19)5-7-21-10-16/h3-4H,2,5-10H2,1H3. The second-order valence-electron chi connectivity index (χ2n) is 5.73. The van der Waals surface area contributed by atoms with Gasteiger partial charge in [0, 0.05) is 19.6 Å². The normalized spacial score (nSPS) is 24.2. The number of halogens is 2. The van der Waals surface area contributed by atoms with Crippen LogP contribution in [0.4, 0.5) is 8.78 Å². The zero-order valence-electron chi connectivity index (χ0n) is 12.9. The Hall–Kier alpha value is -1.73. The van der Waals surface area contributed by atoms with Gasteiger partial charge in [-0.15, -0.1) is 0 Å². The molecule has 1 aromatic carbocycles. The number of ether oxygens (including phenoxy) is 3. The summed E-state index contributed by atoms with van der Waals surface area (Å²) in [6.07, 6.45) is 0.667. The molecule has 0 N–H and O–H groups in total. The van der Waals surface area contributed by atoms with Gasteiger partial charge in [-0.25, -0.2) is 8.78 Å². The second-order valence-corrected chi connectivity index (χ2v) is 5.73. The van der Waals surface area contributed by atoms with Gasteiger partial charge >= 0.3 is 0 Å². The monoisotopic (exact) mass is 327 g/mol. The van der Waals surface area contributed by atoms with Crippen LogP contribution in [0.1, 0.15) is 23.7 Å². The van der Waals surface area contributed by atoms with Crippen molar-refractivity contribution in [3.05, 3.63) is 29.3 Å². The van der Waals surface area contributed by atoms with E-state index in [0.29, 0.717) is 32.8 Å². The Labute approximate surface area is 133 Å². The first-order valence-corrected chi connectivity index (χ1v) is 7.68. The molecule has 1 unspecified atom stereocenters. The van der Waals surface area contributed by atoms with Gasteiger partial charge in [0.2, 0.25) is 0 Å². The molecular formula is C16H19F2NO4. The molecule has 2 aliphatic rings. The van der Waals surface area contributed by atoms with Crippen LogP contribution in [-0.2, 0) is 9.47 Å². The fraction of sp³-hybridized carbons (Fsp3) is 0.562. The van der Waals surface area contributed by atoms with E-state index in [4.69, 9.17) is 14.2 Å². The highest BCUT2D eigenvalue weighted by atomic mass is 19.1. The van der Waals surface area contributed by atoms with Gasteiger partial charge in [-0.05, 0) is 19.1 Å². The number of hydrogen-bond donors (Lipinski definition) is 0. The lowest BCUT2D eigenvalue weighted by Gasteiger charge is -2.39. The van der Waals surface area contributed by atoms with Crippen LogP contribution in [0.2, 0.25) is 0 Å². The van der Waals surface area contributed by atoms with Crippen LogP contribution < -0.4 is 4.74 Å². The zero-order valence-corrected chi connectivity index (χ0v) is 12.9. The van der Waals surface area contributed by atoms with E-state index in [2.05, 4.69) is 0 Å². The van der Waals surface area contributed by atoms with Crippen molar-refractivity contribution in [2.45, 2.75) is 18.9 Å². The first-order chi connectivity index (χ1) is 11.1. The predicted octanol–water partition coefficient (Wildman–Crippen LogP) is 1.99. The molecule has 126 valence electrons. The van der Waals surface area contributed by atoms with Crippen molar-refractivity contribution in [2.75, 3.05) is 39.5 Å². The van der Waals surface area contributed by atoms with Crippen molar-refractivity contribution >= 4 is 5.91 Å². The molecule has 1 atom stereocenters. The summed E-state index contributed by atoms with van der Waals surface area (Å²) < 4.78 is 44.7. The highest BCUT2D eigenvalue weighted by Gasteiger charge is 2.42. The Bertz CT molecular complexity index is 602. The van der Waals surface area contributed by atoms with E-state index in [1.807, 2.05) is 0 Å². The molecule has 7 heteroatoms. The van der Waals surface area contributed by atoms with Gasteiger partial charge in [-0.3, -0.25) is 4.79 Å². The summed E-state index contributed by atoms with van der Waals surface area (Å²) in [4.78, 5) is 14.1. The largest absolute Gasteiger partial charge is 0.491 e. The Kier molecular flexibility index (Phi) is 4.50. The average molecular weight is 327 g/mol. The first kappa shape index (κ1) is 16.1. The summed E-state index contributed by atoms with van der Waals surface area (Å²) in [7, 11) is 0. The Morgan fingerprint density at radius 3 is 2.91 bits per heavy atom. The molecule has 23 heavy (non-hydrogen) atoms. The minimum absolute atomic E-state index is 0.121. The van der Waals surface area contributed by atoms with Crippen LogP contribution in [0.25, 0.3) is 0 Å². The van der Waals surface area contributed by atoms with Crippen molar-refractivity contribution < 1.29 is 27.8 Å². The number of rotatable bonds is 3. The molecule has 0 aromatic heterocycles. The maximum Gasteiger partial charge on any atom is 0.260 e. The molecule has 5 nitrogen and oxygen atoms in total. The fourth-order valence-corrected chi connectivity index (χ4v) is 3.00. The zero-order chi connectivity index (χ0) is 16.4. The minimum atomic E-state index is -0.958. The van der Waals surface area contributed by atoms with Crippen LogP contribution in [0, 0.1) is 11.6 Å². The van der Waals surface area contributed by atoms with Gasteiger partial charge < -0.3 is 19.1 Å².